The minimum atomic E-state index is -0.478. The van der Waals surface area contributed by atoms with Crippen molar-refractivity contribution in [2.45, 2.75) is 64.5 Å². The SMILES string of the molecule is CC(C)(C)OC(=O)N1CCC(n2cccc2C(=O)NCCN2CCCCC2)CC1. The number of nitrogens with zero attached hydrogens (tertiary/aromatic N) is 3. The van der Waals surface area contributed by atoms with Gasteiger partial charge in [0.1, 0.15) is 11.3 Å². The van der Waals surface area contributed by atoms with Crippen LogP contribution in [0.5, 0.6) is 0 Å². The van der Waals surface area contributed by atoms with Crippen LogP contribution in [0.25, 0.3) is 0 Å². The second kappa shape index (κ2) is 9.65. The highest BCUT2D eigenvalue weighted by Gasteiger charge is 2.28. The molecule has 0 aliphatic carbocycles. The number of rotatable bonds is 5. The minimum Gasteiger partial charge on any atom is -0.444 e. The van der Waals surface area contributed by atoms with Gasteiger partial charge in [0.2, 0.25) is 0 Å². The van der Waals surface area contributed by atoms with E-state index in [-0.39, 0.29) is 18.0 Å². The molecule has 1 aromatic rings. The van der Waals surface area contributed by atoms with Gasteiger partial charge < -0.3 is 24.4 Å². The second-order valence-electron chi connectivity index (χ2n) is 9.16. The van der Waals surface area contributed by atoms with E-state index in [9.17, 15) is 9.59 Å². The van der Waals surface area contributed by atoms with E-state index in [1.165, 1.54) is 19.3 Å². The standard InChI is InChI=1S/C22H36N4O3/c1-22(2,3)29-21(28)25-15-9-18(10-16-25)26-14-7-8-19(26)20(27)23-11-17-24-12-5-4-6-13-24/h7-8,14,18H,4-6,9-13,15-17H2,1-3H3,(H,23,27). The van der Waals surface area contributed by atoms with E-state index in [2.05, 4.69) is 14.8 Å². The monoisotopic (exact) mass is 404 g/mol. The zero-order chi connectivity index (χ0) is 20.9. The average Bonchev–Trinajstić information content (AvgIpc) is 3.17. The van der Waals surface area contributed by atoms with Gasteiger partial charge in [0.25, 0.3) is 5.91 Å². The number of hydrogen-bond acceptors (Lipinski definition) is 4. The summed E-state index contributed by atoms with van der Waals surface area (Å²) in [5, 5.41) is 3.08. The number of ether oxygens (including phenoxy) is 1. The predicted molar refractivity (Wildman–Crippen MR) is 113 cm³/mol. The van der Waals surface area contributed by atoms with E-state index in [1.54, 1.807) is 4.90 Å². The quantitative estimate of drug-likeness (QED) is 0.818. The third-order valence-electron chi connectivity index (χ3n) is 5.68. The zero-order valence-electron chi connectivity index (χ0n) is 18.2. The van der Waals surface area contributed by atoms with Gasteiger partial charge in [-0.1, -0.05) is 6.42 Å². The van der Waals surface area contributed by atoms with Gasteiger partial charge in [-0.25, -0.2) is 4.79 Å². The number of carbonyl (C=O) groups excluding carboxylic acids is 2. The van der Waals surface area contributed by atoms with Crippen molar-refractivity contribution in [3.8, 4) is 0 Å². The molecule has 7 heteroatoms. The van der Waals surface area contributed by atoms with E-state index in [0.29, 0.717) is 25.3 Å². The van der Waals surface area contributed by atoms with Gasteiger partial charge in [-0.2, -0.15) is 0 Å². The molecule has 162 valence electrons. The predicted octanol–water partition coefficient (Wildman–Crippen LogP) is 3.28. The van der Waals surface area contributed by atoms with E-state index in [0.717, 1.165) is 32.5 Å². The van der Waals surface area contributed by atoms with Crippen LogP contribution in [0.1, 0.15) is 69.4 Å². The summed E-state index contributed by atoms with van der Waals surface area (Å²) in [6.45, 7) is 10.8. The largest absolute Gasteiger partial charge is 0.444 e. The molecular formula is C22H36N4O3. The molecule has 1 N–H and O–H groups in total. The third-order valence-corrected chi connectivity index (χ3v) is 5.68. The fourth-order valence-electron chi connectivity index (χ4n) is 4.16. The van der Waals surface area contributed by atoms with Crippen LogP contribution in [0.15, 0.2) is 18.3 Å². The highest BCUT2D eigenvalue weighted by Crippen LogP contribution is 2.25. The van der Waals surface area contributed by atoms with Crippen LogP contribution in [-0.4, -0.2) is 71.2 Å². The summed E-state index contributed by atoms with van der Waals surface area (Å²) < 4.78 is 7.54. The van der Waals surface area contributed by atoms with E-state index < -0.39 is 5.60 Å². The molecule has 2 amide bonds. The maximum absolute atomic E-state index is 12.7. The van der Waals surface area contributed by atoms with Gasteiger partial charge in [-0.3, -0.25) is 4.79 Å². The number of carbonyl (C=O) groups is 2. The lowest BCUT2D eigenvalue weighted by Gasteiger charge is -2.34. The van der Waals surface area contributed by atoms with Gasteiger partial charge in [0.15, 0.2) is 0 Å². The molecular weight excluding hydrogens is 368 g/mol. The maximum atomic E-state index is 12.7. The Hall–Kier alpha value is -2.02. The van der Waals surface area contributed by atoms with Crippen LogP contribution in [0.2, 0.25) is 0 Å². The van der Waals surface area contributed by atoms with Crippen LogP contribution in [0, 0.1) is 0 Å². The molecule has 7 nitrogen and oxygen atoms in total. The first-order valence-electron chi connectivity index (χ1n) is 11.0. The van der Waals surface area contributed by atoms with Crippen molar-refractivity contribution < 1.29 is 14.3 Å². The summed E-state index contributed by atoms with van der Waals surface area (Å²) in [7, 11) is 0. The Morgan fingerprint density at radius 1 is 1.10 bits per heavy atom. The number of hydrogen-bond donors (Lipinski definition) is 1. The molecule has 3 rings (SSSR count). The summed E-state index contributed by atoms with van der Waals surface area (Å²) in [6, 6.07) is 4.04. The molecule has 0 saturated carbocycles. The Morgan fingerprint density at radius 3 is 2.45 bits per heavy atom. The molecule has 0 bridgehead atoms. The first-order valence-corrected chi connectivity index (χ1v) is 11.0. The summed E-state index contributed by atoms with van der Waals surface area (Å²) in [5.41, 5.74) is 0.229. The molecule has 29 heavy (non-hydrogen) atoms. The van der Waals surface area contributed by atoms with Crippen LogP contribution < -0.4 is 5.32 Å². The first-order chi connectivity index (χ1) is 13.8. The van der Waals surface area contributed by atoms with E-state index in [4.69, 9.17) is 4.74 Å². The van der Waals surface area contributed by atoms with Gasteiger partial charge in [-0.05, 0) is 71.7 Å². The fraction of sp³-hybridized carbons (Fsp3) is 0.727. The molecule has 0 spiro atoms. The van der Waals surface area contributed by atoms with Crippen molar-refractivity contribution in [2.75, 3.05) is 39.3 Å². The van der Waals surface area contributed by atoms with E-state index >= 15 is 0 Å². The lowest BCUT2D eigenvalue weighted by atomic mass is 10.0. The Labute approximate surface area is 174 Å². The Balaban J connectivity index is 1.48. The summed E-state index contributed by atoms with van der Waals surface area (Å²) in [6.07, 6.45) is 7.22. The molecule has 0 aromatic carbocycles. The van der Waals surface area contributed by atoms with Crippen LogP contribution in [0.3, 0.4) is 0 Å². The van der Waals surface area contributed by atoms with Crippen molar-refractivity contribution in [1.82, 2.24) is 19.7 Å². The molecule has 1 aromatic heterocycles. The van der Waals surface area contributed by atoms with Crippen LogP contribution in [-0.2, 0) is 4.74 Å². The number of nitrogens with one attached hydrogen (secondary N) is 1. The number of aromatic nitrogens is 1. The molecule has 2 aliphatic heterocycles. The van der Waals surface area contributed by atoms with Gasteiger partial charge in [-0.15, -0.1) is 0 Å². The zero-order valence-corrected chi connectivity index (χ0v) is 18.2. The normalized spacial score (nSPS) is 19.2. The summed E-state index contributed by atoms with van der Waals surface area (Å²) in [4.78, 5) is 29.2. The molecule has 2 fully saturated rings. The number of piperidine rings is 2. The van der Waals surface area contributed by atoms with Crippen molar-refractivity contribution >= 4 is 12.0 Å². The Morgan fingerprint density at radius 2 is 1.79 bits per heavy atom. The smallest absolute Gasteiger partial charge is 0.410 e. The lowest BCUT2D eigenvalue weighted by molar-refractivity contribution is 0.0187. The van der Waals surface area contributed by atoms with Crippen molar-refractivity contribution in [2.24, 2.45) is 0 Å². The van der Waals surface area contributed by atoms with E-state index in [1.807, 2.05) is 39.1 Å². The van der Waals surface area contributed by atoms with Crippen LogP contribution in [0.4, 0.5) is 4.79 Å². The van der Waals surface area contributed by atoms with Crippen molar-refractivity contribution in [3.05, 3.63) is 24.0 Å². The van der Waals surface area contributed by atoms with Crippen LogP contribution >= 0.6 is 0 Å². The molecule has 0 radical (unpaired) electrons. The highest BCUT2D eigenvalue weighted by atomic mass is 16.6. The third kappa shape index (κ3) is 6.23. The Bertz CT molecular complexity index is 680. The first kappa shape index (κ1) is 21.7. The topological polar surface area (TPSA) is 66.8 Å². The van der Waals surface area contributed by atoms with Crippen molar-refractivity contribution in [3.63, 3.8) is 0 Å². The second-order valence-corrected chi connectivity index (χ2v) is 9.16. The number of likely N-dealkylation sites (tertiary alicyclic amines) is 2. The lowest BCUT2D eigenvalue weighted by Crippen LogP contribution is -2.42. The molecule has 2 saturated heterocycles. The fourth-order valence-corrected chi connectivity index (χ4v) is 4.16. The molecule has 2 aliphatic rings. The summed E-state index contributed by atoms with van der Waals surface area (Å²) in [5.74, 6) is -0.0124. The molecule has 3 heterocycles. The minimum absolute atomic E-state index is 0.0124. The Kier molecular flexibility index (Phi) is 7.22. The molecule has 0 unspecified atom stereocenters. The molecule has 0 atom stereocenters. The van der Waals surface area contributed by atoms with Crippen molar-refractivity contribution in [1.29, 1.82) is 0 Å². The van der Waals surface area contributed by atoms with Gasteiger partial charge in [0, 0.05) is 38.4 Å². The van der Waals surface area contributed by atoms with Gasteiger partial charge >= 0.3 is 6.09 Å². The highest BCUT2D eigenvalue weighted by molar-refractivity contribution is 5.92. The number of amides is 2. The maximum Gasteiger partial charge on any atom is 0.410 e. The average molecular weight is 405 g/mol. The summed E-state index contributed by atoms with van der Waals surface area (Å²) >= 11 is 0. The van der Waals surface area contributed by atoms with Gasteiger partial charge in [0.05, 0.1) is 0 Å².